The van der Waals surface area contributed by atoms with Crippen LogP contribution in [-0.4, -0.2) is 11.1 Å². The van der Waals surface area contributed by atoms with Crippen molar-refractivity contribution < 1.29 is 9.90 Å². The lowest BCUT2D eigenvalue weighted by atomic mass is 9.98. The molecule has 0 aliphatic heterocycles. The Labute approximate surface area is 111 Å². The second-order valence-electron chi connectivity index (χ2n) is 4.29. The number of benzene rings is 2. The summed E-state index contributed by atoms with van der Waals surface area (Å²) in [5.74, 6) is -2.06. The molecule has 0 spiro atoms. The minimum Gasteiger partial charge on any atom is -0.480 e. The fraction of sp³-hybridized carbons (Fsp3) is 0.125. The average molecular weight is 251 g/mol. The van der Waals surface area contributed by atoms with E-state index in [1.54, 1.807) is 6.07 Å². The Hall–Kier alpha value is -2.60. The van der Waals surface area contributed by atoms with E-state index >= 15 is 0 Å². The molecule has 1 N–H and O–H groups in total. The topological polar surface area (TPSA) is 61.1 Å². The molecule has 0 amide bonds. The molecule has 0 unspecified atom stereocenters. The lowest BCUT2D eigenvalue weighted by Crippen LogP contribution is -2.14. The average Bonchev–Trinajstić information content (AvgIpc) is 2.46. The van der Waals surface area contributed by atoms with Crippen molar-refractivity contribution in [1.29, 1.82) is 5.26 Å². The lowest BCUT2D eigenvalue weighted by Gasteiger charge is -2.06. The van der Waals surface area contributed by atoms with Crippen molar-refractivity contribution in [3.05, 3.63) is 60.2 Å². The van der Waals surface area contributed by atoms with Crippen LogP contribution in [0.3, 0.4) is 0 Å². The fourth-order valence-corrected chi connectivity index (χ4v) is 1.89. The second kappa shape index (κ2) is 5.83. The Bertz CT molecular complexity index is 597. The van der Waals surface area contributed by atoms with E-state index in [2.05, 4.69) is 0 Å². The van der Waals surface area contributed by atoms with Crippen molar-refractivity contribution in [1.82, 2.24) is 0 Å². The van der Waals surface area contributed by atoms with Gasteiger partial charge >= 0.3 is 5.97 Å². The van der Waals surface area contributed by atoms with E-state index in [9.17, 15) is 4.79 Å². The quantitative estimate of drug-likeness (QED) is 0.908. The predicted octanol–water partition coefficient (Wildman–Crippen LogP) is 3.12. The van der Waals surface area contributed by atoms with E-state index < -0.39 is 11.9 Å². The molecular weight excluding hydrogens is 238 g/mol. The molecule has 0 aromatic heterocycles. The zero-order valence-corrected chi connectivity index (χ0v) is 10.3. The van der Waals surface area contributed by atoms with Gasteiger partial charge in [-0.3, -0.25) is 4.79 Å². The highest BCUT2D eigenvalue weighted by Gasteiger charge is 2.16. The van der Waals surface area contributed by atoms with E-state index in [0.29, 0.717) is 0 Å². The van der Waals surface area contributed by atoms with Gasteiger partial charge in [-0.25, -0.2) is 0 Å². The number of aliphatic carboxylic acids is 1. The summed E-state index contributed by atoms with van der Waals surface area (Å²) < 4.78 is 0. The Balaban J connectivity index is 2.16. The van der Waals surface area contributed by atoms with Crippen LogP contribution in [0.25, 0.3) is 11.1 Å². The van der Waals surface area contributed by atoms with Gasteiger partial charge in [0.2, 0.25) is 0 Å². The largest absolute Gasteiger partial charge is 0.480 e. The molecule has 2 aromatic rings. The van der Waals surface area contributed by atoms with Gasteiger partial charge in [0.1, 0.15) is 5.92 Å². The van der Waals surface area contributed by atoms with Crippen LogP contribution in [0.15, 0.2) is 54.6 Å². The number of carboxylic acid groups (broad SMARTS) is 1. The summed E-state index contributed by atoms with van der Waals surface area (Å²) in [6, 6.07) is 19.4. The molecular formula is C16H13NO2. The zero-order valence-electron chi connectivity index (χ0n) is 10.3. The van der Waals surface area contributed by atoms with E-state index in [1.165, 1.54) is 0 Å². The monoisotopic (exact) mass is 251 g/mol. The summed E-state index contributed by atoms with van der Waals surface area (Å²) >= 11 is 0. The molecule has 3 heteroatoms. The first kappa shape index (κ1) is 12.8. The van der Waals surface area contributed by atoms with Crippen LogP contribution in [0.5, 0.6) is 0 Å². The van der Waals surface area contributed by atoms with E-state index in [0.717, 1.165) is 16.7 Å². The summed E-state index contributed by atoms with van der Waals surface area (Å²) in [5.41, 5.74) is 3.05. The molecule has 0 fully saturated rings. The van der Waals surface area contributed by atoms with Crippen LogP contribution >= 0.6 is 0 Å². The second-order valence-corrected chi connectivity index (χ2v) is 4.29. The number of rotatable bonds is 4. The molecule has 3 nitrogen and oxygen atoms in total. The zero-order chi connectivity index (χ0) is 13.7. The number of hydrogen-bond acceptors (Lipinski definition) is 2. The first-order chi connectivity index (χ1) is 9.20. The SMILES string of the molecule is N#C[C@H](Cc1ccc(-c2ccccc2)cc1)C(=O)O. The molecule has 19 heavy (non-hydrogen) atoms. The molecule has 0 saturated carbocycles. The Kier molecular flexibility index (Phi) is 3.94. The molecule has 2 rings (SSSR count). The van der Waals surface area contributed by atoms with Crippen LogP contribution in [0.1, 0.15) is 5.56 Å². The van der Waals surface area contributed by atoms with Gasteiger partial charge in [-0.1, -0.05) is 54.6 Å². The highest BCUT2D eigenvalue weighted by molar-refractivity contribution is 5.73. The molecule has 2 aromatic carbocycles. The first-order valence-electron chi connectivity index (χ1n) is 5.97. The van der Waals surface area contributed by atoms with Crippen LogP contribution in [-0.2, 0) is 11.2 Å². The molecule has 94 valence electrons. The van der Waals surface area contributed by atoms with E-state index in [4.69, 9.17) is 10.4 Å². The maximum absolute atomic E-state index is 10.8. The van der Waals surface area contributed by atoms with Gasteiger partial charge in [0.15, 0.2) is 0 Å². The summed E-state index contributed by atoms with van der Waals surface area (Å²) in [4.78, 5) is 10.8. The first-order valence-corrected chi connectivity index (χ1v) is 5.97. The molecule has 0 bridgehead atoms. The van der Waals surface area contributed by atoms with Crippen LogP contribution in [0.4, 0.5) is 0 Å². The number of nitrogens with zero attached hydrogens (tertiary/aromatic N) is 1. The maximum atomic E-state index is 10.8. The summed E-state index contributed by atoms with van der Waals surface area (Å²) in [6.07, 6.45) is 0.237. The van der Waals surface area contributed by atoms with Crippen molar-refractivity contribution in [3.63, 3.8) is 0 Å². The van der Waals surface area contributed by atoms with Gasteiger partial charge in [-0.15, -0.1) is 0 Å². The fourth-order valence-electron chi connectivity index (χ4n) is 1.89. The van der Waals surface area contributed by atoms with Crippen LogP contribution in [0, 0.1) is 17.2 Å². The third-order valence-electron chi connectivity index (χ3n) is 2.95. The summed E-state index contributed by atoms with van der Waals surface area (Å²) in [7, 11) is 0. The van der Waals surface area contributed by atoms with Crippen molar-refractivity contribution in [2.24, 2.45) is 5.92 Å². The van der Waals surface area contributed by atoms with Gasteiger partial charge in [-0.05, 0) is 23.1 Å². The number of carboxylic acids is 1. The smallest absolute Gasteiger partial charge is 0.321 e. The maximum Gasteiger partial charge on any atom is 0.321 e. The molecule has 1 atom stereocenters. The van der Waals surface area contributed by atoms with Gasteiger partial charge in [-0.2, -0.15) is 5.26 Å². The molecule has 0 aliphatic carbocycles. The molecule has 0 aliphatic rings. The third kappa shape index (κ3) is 3.20. The molecule has 0 saturated heterocycles. The van der Waals surface area contributed by atoms with E-state index in [-0.39, 0.29) is 6.42 Å². The standard InChI is InChI=1S/C16H13NO2/c17-11-15(16(18)19)10-12-6-8-14(9-7-12)13-4-2-1-3-5-13/h1-9,15H,10H2,(H,18,19)/t15-/m0/s1. The highest BCUT2D eigenvalue weighted by atomic mass is 16.4. The highest BCUT2D eigenvalue weighted by Crippen LogP contribution is 2.20. The lowest BCUT2D eigenvalue weighted by molar-refractivity contribution is -0.139. The van der Waals surface area contributed by atoms with Crippen molar-refractivity contribution >= 4 is 5.97 Å². The van der Waals surface area contributed by atoms with Crippen LogP contribution in [0.2, 0.25) is 0 Å². The number of carbonyl (C=O) groups is 1. The summed E-state index contributed by atoms with van der Waals surface area (Å²) in [6.45, 7) is 0. The van der Waals surface area contributed by atoms with Crippen LogP contribution < -0.4 is 0 Å². The van der Waals surface area contributed by atoms with Crippen molar-refractivity contribution in [2.45, 2.75) is 6.42 Å². The number of nitriles is 1. The van der Waals surface area contributed by atoms with Gasteiger partial charge in [0.25, 0.3) is 0 Å². The summed E-state index contributed by atoms with van der Waals surface area (Å²) in [5, 5.41) is 17.6. The van der Waals surface area contributed by atoms with Crippen molar-refractivity contribution in [2.75, 3.05) is 0 Å². The normalized spacial score (nSPS) is 11.5. The van der Waals surface area contributed by atoms with Gasteiger partial charge in [0, 0.05) is 0 Å². The Morgan fingerprint density at radius 3 is 2.16 bits per heavy atom. The van der Waals surface area contributed by atoms with E-state index in [1.807, 2.05) is 54.6 Å². The third-order valence-corrected chi connectivity index (χ3v) is 2.95. The minimum absolute atomic E-state index is 0.237. The minimum atomic E-state index is -1.07. The van der Waals surface area contributed by atoms with Gasteiger partial charge in [0.05, 0.1) is 6.07 Å². The molecule has 0 radical (unpaired) electrons. The van der Waals surface area contributed by atoms with Crippen molar-refractivity contribution in [3.8, 4) is 17.2 Å². The predicted molar refractivity (Wildman–Crippen MR) is 72.3 cm³/mol. The Morgan fingerprint density at radius 1 is 1.05 bits per heavy atom. The Morgan fingerprint density at radius 2 is 1.63 bits per heavy atom. The van der Waals surface area contributed by atoms with Gasteiger partial charge < -0.3 is 5.11 Å². The molecule has 0 heterocycles. The number of hydrogen-bond donors (Lipinski definition) is 1.